The lowest BCUT2D eigenvalue weighted by Gasteiger charge is -1.99. The predicted molar refractivity (Wildman–Crippen MR) is 73.9 cm³/mol. The molecule has 82 valence electrons. The van der Waals surface area contributed by atoms with Gasteiger partial charge in [0.25, 0.3) is 0 Å². The lowest BCUT2D eigenvalue weighted by molar-refractivity contribution is 0.996. The van der Waals surface area contributed by atoms with Crippen LogP contribution >= 0.6 is 35.8 Å². The smallest absolute Gasteiger partial charge is 0.176 e. The second kappa shape index (κ2) is 5.43. The number of benzene rings is 1. The van der Waals surface area contributed by atoms with Gasteiger partial charge in [0.15, 0.2) is 3.95 Å². The van der Waals surface area contributed by atoms with Crippen LogP contribution in [0.5, 0.6) is 0 Å². The third kappa shape index (κ3) is 3.04. The maximum atomic E-state index is 4.99. The number of hydrogen-bond donors (Lipinski definition) is 1. The molecule has 16 heavy (non-hydrogen) atoms. The Kier molecular flexibility index (Phi) is 3.93. The molecule has 0 bridgehead atoms. The summed E-state index contributed by atoms with van der Waals surface area (Å²) < 4.78 is 0.729. The van der Waals surface area contributed by atoms with Crippen LogP contribution in [0.1, 0.15) is 16.1 Å². The Balaban J connectivity index is 2.10. The number of aromatic amines is 1. The topological polar surface area (TPSA) is 28.7 Å². The average Bonchev–Trinajstić information content (AvgIpc) is 2.67. The van der Waals surface area contributed by atoms with Crippen LogP contribution in [0.4, 0.5) is 0 Å². The van der Waals surface area contributed by atoms with Crippen molar-refractivity contribution in [3.63, 3.8) is 0 Å². The molecule has 0 saturated heterocycles. The molecular formula is C11H10N2S3. The number of H-pyrrole nitrogens is 1. The third-order valence-corrected chi connectivity index (χ3v) is 3.44. The van der Waals surface area contributed by atoms with Crippen molar-refractivity contribution in [2.75, 3.05) is 0 Å². The van der Waals surface area contributed by atoms with Crippen molar-refractivity contribution < 1.29 is 0 Å². The Bertz CT molecular complexity index is 525. The summed E-state index contributed by atoms with van der Waals surface area (Å²) in [5, 5.41) is 9.69. The van der Waals surface area contributed by atoms with E-state index in [1.54, 1.807) is 5.37 Å². The number of nitrogens with one attached hydrogen (secondary N) is 1. The summed E-state index contributed by atoms with van der Waals surface area (Å²) >= 11 is 11.3. The second-order valence-electron chi connectivity index (χ2n) is 3.37. The van der Waals surface area contributed by atoms with E-state index in [-0.39, 0.29) is 0 Å². The standard InChI is InChI=1S/C11H10N2S3/c14-6-5-8-1-3-9(4-2-8)7-10-12-13-11(15)16-10/h1-4,6H,5,7H2,(H,13,15). The van der Waals surface area contributed by atoms with Gasteiger partial charge in [-0.05, 0) is 28.7 Å². The molecule has 0 aliphatic rings. The van der Waals surface area contributed by atoms with E-state index >= 15 is 0 Å². The summed E-state index contributed by atoms with van der Waals surface area (Å²) in [6, 6.07) is 8.42. The fourth-order valence-electron chi connectivity index (χ4n) is 1.40. The molecule has 0 unspecified atom stereocenters. The van der Waals surface area contributed by atoms with Gasteiger partial charge in [0.1, 0.15) is 5.01 Å². The summed E-state index contributed by atoms with van der Waals surface area (Å²) in [5.74, 6) is 0. The van der Waals surface area contributed by atoms with Crippen molar-refractivity contribution in [1.82, 2.24) is 10.2 Å². The van der Waals surface area contributed by atoms with Crippen LogP contribution in [0.2, 0.25) is 0 Å². The third-order valence-electron chi connectivity index (χ3n) is 2.18. The fourth-order valence-corrected chi connectivity index (χ4v) is 2.56. The van der Waals surface area contributed by atoms with Crippen LogP contribution in [0.25, 0.3) is 0 Å². The first-order valence-electron chi connectivity index (χ1n) is 4.84. The minimum Gasteiger partial charge on any atom is -0.258 e. The SMILES string of the molecule is S=CCc1ccc(Cc2n[nH]c(=S)s2)cc1. The van der Waals surface area contributed by atoms with Gasteiger partial charge < -0.3 is 0 Å². The molecule has 1 heterocycles. The predicted octanol–water partition coefficient (Wildman–Crippen LogP) is 3.33. The Labute approximate surface area is 108 Å². The zero-order valence-electron chi connectivity index (χ0n) is 8.47. The van der Waals surface area contributed by atoms with E-state index in [1.807, 2.05) is 0 Å². The summed E-state index contributed by atoms with van der Waals surface area (Å²) in [6.45, 7) is 0. The van der Waals surface area contributed by atoms with Crippen LogP contribution in [0, 0.1) is 3.95 Å². The van der Waals surface area contributed by atoms with Crippen molar-refractivity contribution >= 4 is 41.1 Å². The van der Waals surface area contributed by atoms with Crippen LogP contribution in [-0.2, 0) is 12.8 Å². The van der Waals surface area contributed by atoms with E-state index in [4.69, 9.17) is 24.4 Å². The van der Waals surface area contributed by atoms with E-state index < -0.39 is 0 Å². The van der Waals surface area contributed by atoms with E-state index in [1.165, 1.54) is 22.5 Å². The van der Waals surface area contributed by atoms with E-state index in [2.05, 4.69) is 34.5 Å². The summed E-state index contributed by atoms with van der Waals surface area (Å²) in [5.41, 5.74) is 2.49. The molecule has 1 N–H and O–H groups in total. The Morgan fingerprint density at radius 1 is 1.25 bits per heavy atom. The molecule has 0 amide bonds. The Morgan fingerprint density at radius 2 is 1.94 bits per heavy atom. The van der Waals surface area contributed by atoms with E-state index in [9.17, 15) is 0 Å². The molecule has 0 fully saturated rings. The number of nitrogens with zero attached hydrogens (tertiary/aromatic N) is 1. The number of hydrogen-bond acceptors (Lipinski definition) is 4. The molecule has 5 heteroatoms. The first kappa shape index (κ1) is 11.6. The highest BCUT2D eigenvalue weighted by Gasteiger charge is 2.00. The number of aromatic nitrogens is 2. The maximum Gasteiger partial charge on any atom is 0.176 e. The summed E-state index contributed by atoms with van der Waals surface area (Å²) in [4.78, 5) is 0. The lowest BCUT2D eigenvalue weighted by Crippen LogP contribution is -1.89. The lowest BCUT2D eigenvalue weighted by atomic mass is 10.1. The first-order valence-corrected chi connectivity index (χ1v) is 6.53. The summed E-state index contributed by atoms with van der Waals surface area (Å²) in [7, 11) is 0. The van der Waals surface area contributed by atoms with Crippen molar-refractivity contribution in [3.8, 4) is 0 Å². The van der Waals surface area contributed by atoms with Gasteiger partial charge in [-0.15, -0.1) is 0 Å². The number of thiocarbonyl (C=S) groups is 1. The number of rotatable bonds is 4. The minimum absolute atomic E-state index is 0.729. The molecule has 1 aromatic heterocycles. The Hall–Kier alpha value is -0.910. The molecule has 2 nitrogen and oxygen atoms in total. The quantitative estimate of drug-likeness (QED) is 0.861. The highest BCUT2D eigenvalue weighted by Crippen LogP contribution is 2.13. The zero-order valence-corrected chi connectivity index (χ0v) is 10.9. The Morgan fingerprint density at radius 3 is 2.50 bits per heavy atom. The maximum absolute atomic E-state index is 4.99. The molecule has 0 atom stereocenters. The summed E-state index contributed by atoms with van der Waals surface area (Å²) in [6.07, 6.45) is 1.67. The molecule has 0 aliphatic heterocycles. The van der Waals surface area contributed by atoms with Gasteiger partial charge >= 0.3 is 0 Å². The van der Waals surface area contributed by atoms with Crippen LogP contribution in [0.15, 0.2) is 24.3 Å². The van der Waals surface area contributed by atoms with Crippen LogP contribution in [-0.4, -0.2) is 15.6 Å². The van der Waals surface area contributed by atoms with E-state index in [0.717, 1.165) is 21.8 Å². The van der Waals surface area contributed by atoms with Crippen LogP contribution in [0.3, 0.4) is 0 Å². The van der Waals surface area contributed by atoms with Gasteiger partial charge in [0, 0.05) is 12.8 Å². The molecule has 2 rings (SSSR count). The van der Waals surface area contributed by atoms with Crippen molar-refractivity contribution in [3.05, 3.63) is 44.4 Å². The molecule has 0 saturated carbocycles. The second-order valence-corrected chi connectivity index (χ2v) is 5.45. The van der Waals surface area contributed by atoms with Gasteiger partial charge in [0.2, 0.25) is 0 Å². The largest absolute Gasteiger partial charge is 0.258 e. The normalized spacial score (nSPS) is 10.2. The monoisotopic (exact) mass is 266 g/mol. The van der Waals surface area contributed by atoms with Crippen LogP contribution < -0.4 is 0 Å². The van der Waals surface area contributed by atoms with Gasteiger partial charge in [-0.25, -0.2) is 0 Å². The zero-order chi connectivity index (χ0) is 11.4. The van der Waals surface area contributed by atoms with Gasteiger partial charge in [-0.1, -0.05) is 47.8 Å². The fraction of sp³-hybridized carbons (Fsp3) is 0.182. The van der Waals surface area contributed by atoms with Crippen molar-refractivity contribution in [1.29, 1.82) is 0 Å². The molecule has 0 aliphatic carbocycles. The molecule has 0 radical (unpaired) electrons. The van der Waals surface area contributed by atoms with Crippen molar-refractivity contribution in [2.24, 2.45) is 0 Å². The molecule has 2 aromatic rings. The van der Waals surface area contributed by atoms with Gasteiger partial charge in [0.05, 0.1) is 0 Å². The highest BCUT2D eigenvalue weighted by atomic mass is 32.1. The van der Waals surface area contributed by atoms with E-state index in [0.29, 0.717) is 0 Å². The molecule has 0 spiro atoms. The first-order chi connectivity index (χ1) is 7.78. The highest BCUT2D eigenvalue weighted by molar-refractivity contribution is 7.79. The van der Waals surface area contributed by atoms with Gasteiger partial charge in [-0.2, -0.15) is 5.10 Å². The van der Waals surface area contributed by atoms with Crippen molar-refractivity contribution in [2.45, 2.75) is 12.8 Å². The molecule has 1 aromatic carbocycles. The van der Waals surface area contributed by atoms with Gasteiger partial charge in [-0.3, -0.25) is 5.10 Å². The minimum atomic E-state index is 0.729. The molecular weight excluding hydrogens is 256 g/mol. The average molecular weight is 266 g/mol.